The molecule has 0 bridgehead atoms. The van der Waals surface area contributed by atoms with E-state index in [4.69, 9.17) is 0 Å². The molecule has 23 heavy (non-hydrogen) atoms. The van der Waals surface area contributed by atoms with Crippen LogP contribution in [0, 0.1) is 5.82 Å². The van der Waals surface area contributed by atoms with E-state index in [-0.39, 0.29) is 5.82 Å². The number of benzene rings is 2. The van der Waals surface area contributed by atoms with Gasteiger partial charge in [-0.15, -0.1) is 0 Å². The molecule has 0 amide bonds. The molecule has 0 spiro atoms. The minimum Gasteiger partial charge on any atom is -0.480 e. The van der Waals surface area contributed by atoms with E-state index >= 15 is 0 Å². The smallest absolute Gasteiger partial charge is 0.321 e. The second-order valence-corrected chi connectivity index (χ2v) is 5.71. The first kappa shape index (κ1) is 15.4. The maximum atomic E-state index is 12.9. The zero-order valence-corrected chi connectivity index (χ0v) is 12.7. The third kappa shape index (κ3) is 3.66. The van der Waals surface area contributed by atoms with Crippen molar-refractivity contribution in [3.8, 4) is 0 Å². The number of aliphatic carboxylic acids is 1. The predicted octanol–water partition coefficient (Wildman–Crippen LogP) is 3.35. The fourth-order valence-corrected chi connectivity index (χ4v) is 2.91. The van der Waals surface area contributed by atoms with Gasteiger partial charge in [0.1, 0.15) is 11.9 Å². The van der Waals surface area contributed by atoms with Crippen molar-refractivity contribution >= 4 is 12.0 Å². The highest BCUT2D eigenvalue weighted by atomic mass is 19.1. The summed E-state index contributed by atoms with van der Waals surface area (Å²) in [5.74, 6) is -1.06. The van der Waals surface area contributed by atoms with Gasteiger partial charge in [-0.25, -0.2) is 4.39 Å². The molecule has 0 radical (unpaired) electrons. The third-order valence-corrected chi connectivity index (χ3v) is 4.15. The topological polar surface area (TPSA) is 40.5 Å². The summed E-state index contributed by atoms with van der Waals surface area (Å²) < 4.78 is 12.9. The molecule has 3 nitrogen and oxygen atoms in total. The molecule has 1 aliphatic heterocycles. The fourth-order valence-electron chi connectivity index (χ4n) is 2.91. The second-order valence-electron chi connectivity index (χ2n) is 5.71. The average molecular weight is 311 g/mol. The van der Waals surface area contributed by atoms with Crippen molar-refractivity contribution in [3.05, 3.63) is 77.1 Å². The van der Waals surface area contributed by atoms with E-state index in [1.165, 1.54) is 17.7 Å². The minimum atomic E-state index is -0.797. The average Bonchev–Trinajstić information content (AvgIpc) is 2.56. The van der Waals surface area contributed by atoms with Crippen molar-refractivity contribution in [2.24, 2.45) is 0 Å². The Morgan fingerprint density at radius 3 is 2.57 bits per heavy atom. The lowest BCUT2D eigenvalue weighted by Gasteiger charge is -2.33. The van der Waals surface area contributed by atoms with Gasteiger partial charge in [0.25, 0.3) is 0 Å². The Morgan fingerprint density at radius 1 is 1.17 bits per heavy atom. The number of nitrogens with zero attached hydrogens (tertiary/aromatic N) is 1. The highest BCUT2D eigenvalue weighted by Gasteiger charge is 2.30. The van der Waals surface area contributed by atoms with E-state index in [2.05, 4.69) is 0 Å². The predicted molar refractivity (Wildman–Crippen MR) is 87.4 cm³/mol. The van der Waals surface area contributed by atoms with Crippen LogP contribution in [0.5, 0.6) is 0 Å². The second kappa shape index (κ2) is 6.75. The molecule has 2 aromatic carbocycles. The molecule has 0 aliphatic carbocycles. The number of hydrogen-bond acceptors (Lipinski definition) is 2. The van der Waals surface area contributed by atoms with Crippen LogP contribution in [0.3, 0.4) is 0 Å². The van der Waals surface area contributed by atoms with Gasteiger partial charge < -0.3 is 5.11 Å². The van der Waals surface area contributed by atoms with E-state index in [0.29, 0.717) is 19.5 Å². The number of halogens is 1. The quantitative estimate of drug-likeness (QED) is 0.941. The molecule has 1 heterocycles. The molecule has 0 saturated heterocycles. The molecular weight excluding hydrogens is 293 g/mol. The van der Waals surface area contributed by atoms with E-state index in [9.17, 15) is 14.3 Å². The number of fused-ring (bicyclic) bond motifs is 1. The van der Waals surface area contributed by atoms with Gasteiger partial charge in [0.15, 0.2) is 0 Å². The van der Waals surface area contributed by atoms with Gasteiger partial charge in [-0.2, -0.15) is 0 Å². The zero-order valence-electron chi connectivity index (χ0n) is 12.7. The summed E-state index contributed by atoms with van der Waals surface area (Å²) in [6, 6.07) is 13.7. The van der Waals surface area contributed by atoms with Crippen molar-refractivity contribution in [3.63, 3.8) is 0 Å². The SMILES string of the molecule is O=C(O)C1Cc2ccccc2CN1CC=Cc1ccc(F)cc1. The number of carboxylic acid groups (broad SMARTS) is 1. The summed E-state index contributed by atoms with van der Waals surface area (Å²) >= 11 is 0. The molecule has 1 aliphatic rings. The van der Waals surface area contributed by atoms with Crippen molar-refractivity contribution in [2.75, 3.05) is 6.54 Å². The van der Waals surface area contributed by atoms with Gasteiger partial charge >= 0.3 is 5.97 Å². The number of carboxylic acids is 1. The molecule has 1 unspecified atom stereocenters. The molecule has 0 saturated carbocycles. The molecule has 3 rings (SSSR count). The lowest BCUT2D eigenvalue weighted by molar-refractivity contribution is -0.143. The molecule has 118 valence electrons. The normalized spacial score (nSPS) is 18.0. The summed E-state index contributed by atoms with van der Waals surface area (Å²) in [6.07, 6.45) is 4.34. The highest BCUT2D eigenvalue weighted by molar-refractivity contribution is 5.74. The van der Waals surface area contributed by atoms with Crippen molar-refractivity contribution < 1.29 is 14.3 Å². The van der Waals surface area contributed by atoms with Crippen LogP contribution in [0.1, 0.15) is 16.7 Å². The van der Waals surface area contributed by atoms with E-state index in [1.54, 1.807) is 12.1 Å². The van der Waals surface area contributed by atoms with Crippen molar-refractivity contribution in [1.82, 2.24) is 4.90 Å². The lowest BCUT2D eigenvalue weighted by Crippen LogP contribution is -2.45. The number of carbonyl (C=O) groups is 1. The van der Waals surface area contributed by atoms with Crippen LogP contribution in [-0.4, -0.2) is 28.6 Å². The van der Waals surface area contributed by atoms with Crippen LogP contribution in [0.25, 0.3) is 6.08 Å². The summed E-state index contributed by atoms with van der Waals surface area (Å²) in [5, 5.41) is 9.47. The number of rotatable bonds is 4. The van der Waals surface area contributed by atoms with Crippen LogP contribution < -0.4 is 0 Å². The van der Waals surface area contributed by atoms with Gasteiger partial charge in [-0.1, -0.05) is 48.6 Å². The maximum absolute atomic E-state index is 12.9. The van der Waals surface area contributed by atoms with E-state index < -0.39 is 12.0 Å². The fraction of sp³-hybridized carbons (Fsp3) is 0.211. The van der Waals surface area contributed by atoms with Gasteiger partial charge in [0, 0.05) is 13.1 Å². The summed E-state index contributed by atoms with van der Waals surface area (Å²) in [6.45, 7) is 1.17. The first-order valence-corrected chi connectivity index (χ1v) is 7.59. The zero-order chi connectivity index (χ0) is 16.2. The summed E-state index contributed by atoms with van der Waals surface area (Å²) in [5.41, 5.74) is 3.19. The molecule has 1 N–H and O–H groups in total. The first-order chi connectivity index (χ1) is 11.1. The van der Waals surface area contributed by atoms with Crippen molar-refractivity contribution in [1.29, 1.82) is 0 Å². The first-order valence-electron chi connectivity index (χ1n) is 7.59. The molecular formula is C19H18FNO2. The van der Waals surface area contributed by atoms with Crippen LogP contribution >= 0.6 is 0 Å². The van der Waals surface area contributed by atoms with Crippen LogP contribution in [0.4, 0.5) is 4.39 Å². The summed E-state index contributed by atoms with van der Waals surface area (Å²) in [7, 11) is 0. The number of hydrogen-bond donors (Lipinski definition) is 1. The van der Waals surface area contributed by atoms with Gasteiger partial charge in [-0.3, -0.25) is 9.69 Å². The Hall–Kier alpha value is -2.46. The van der Waals surface area contributed by atoms with Crippen molar-refractivity contribution in [2.45, 2.75) is 19.0 Å². The molecule has 2 aromatic rings. The molecule has 4 heteroatoms. The molecule has 1 atom stereocenters. The maximum Gasteiger partial charge on any atom is 0.321 e. The standard InChI is InChI=1S/C19H18FNO2/c20-17-9-7-14(8-10-17)4-3-11-21-13-16-6-2-1-5-15(16)12-18(21)19(22)23/h1-10,18H,11-13H2,(H,22,23). The Labute approximate surface area is 134 Å². The van der Waals surface area contributed by atoms with Gasteiger partial charge in [-0.05, 0) is 35.2 Å². The Morgan fingerprint density at radius 2 is 1.87 bits per heavy atom. The molecule has 0 aromatic heterocycles. The Bertz CT molecular complexity index is 724. The monoisotopic (exact) mass is 311 g/mol. The molecule has 0 fully saturated rings. The third-order valence-electron chi connectivity index (χ3n) is 4.15. The van der Waals surface area contributed by atoms with E-state index in [1.807, 2.05) is 41.3 Å². The highest BCUT2D eigenvalue weighted by Crippen LogP contribution is 2.23. The van der Waals surface area contributed by atoms with Crippen LogP contribution in [0.15, 0.2) is 54.6 Å². The summed E-state index contributed by atoms with van der Waals surface area (Å²) in [4.78, 5) is 13.5. The van der Waals surface area contributed by atoms with E-state index in [0.717, 1.165) is 11.1 Å². The largest absolute Gasteiger partial charge is 0.480 e. The van der Waals surface area contributed by atoms with Crippen LogP contribution in [0.2, 0.25) is 0 Å². The Balaban J connectivity index is 1.72. The lowest BCUT2D eigenvalue weighted by atomic mass is 9.94. The minimum absolute atomic E-state index is 0.263. The van der Waals surface area contributed by atoms with Gasteiger partial charge in [0.2, 0.25) is 0 Å². The van der Waals surface area contributed by atoms with Gasteiger partial charge in [0.05, 0.1) is 0 Å². The van der Waals surface area contributed by atoms with Crippen LogP contribution in [-0.2, 0) is 17.8 Å². The Kier molecular flexibility index (Phi) is 4.53.